The molecular weight excluding hydrogens is 274 g/mol. The molecule has 1 aliphatic heterocycles. The molecule has 0 spiro atoms. The molecule has 0 fully saturated rings. The van der Waals surface area contributed by atoms with Crippen molar-refractivity contribution in [1.29, 1.82) is 0 Å². The van der Waals surface area contributed by atoms with Crippen LogP contribution in [0, 0.1) is 0 Å². The molecule has 1 unspecified atom stereocenters. The van der Waals surface area contributed by atoms with Crippen LogP contribution in [0.1, 0.15) is 42.1 Å². The summed E-state index contributed by atoms with van der Waals surface area (Å²) in [6, 6.07) is 19.1. The highest BCUT2D eigenvalue weighted by atomic mass is 16.5. The number of rotatable bonds is 4. The molecule has 3 rings (SSSR count). The number of hydrogen-bond donors (Lipinski definition) is 0. The Morgan fingerprint density at radius 3 is 2.59 bits per heavy atom. The van der Waals surface area contributed by atoms with Crippen LogP contribution in [0.2, 0.25) is 0 Å². The molecule has 3 heteroatoms. The molecule has 0 aliphatic carbocycles. The number of esters is 1. The van der Waals surface area contributed by atoms with E-state index in [4.69, 9.17) is 4.74 Å². The van der Waals surface area contributed by atoms with E-state index in [0.29, 0.717) is 6.42 Å². The number of carbonyl (C=O) groups excluding carboxylic acids is 1. The van der Waals surface area contributed by atoms with Crippen molar-refractivity contribution in [3.8, 4) is 0 Å². The maximum Gasteiger partial charge on any atom is 0.307 e. The SMILES string of the molecule is COC(=O)CC1c2ccccc2CN1[C@H](C)c1ccccc1. The van der Waals surface area contributed by atoms with Crippen LogP contribution in [-0.2, 0) is 16.1 Å². The Balaban J connectivity index is 1.91. The fraction of sp³-hybridized carbons (Fsp3) is 0.316. The summed E-state index contributed by atoms with van der Waals surface area (Å²) in [6.07, 6.45) is 0.394. The highest BCUT2D eigenvalue weighted by Crippen LogP contribution is 2.41. The van der Waals surface area contributed by atoms with Gasteiger partial charge < -0.3 is 4.74 Å². The molecule has 0 saturated heterocycles. The fourth-order valence-electron chi connectivity index (χ4n) is 3.29. The first-order valence-electron chi connectivity index (χ1n) is 7.66. The Bertz CT molecular complexity index is 653. The lowest BCUT2D eigenvalue weighted by molar-refractivity contribution is -0.142. The van der Waals surface area contributed by atoms with Crippen LogP contribution < -0.4 is 0 Å². The quantitative estimate of drug-likeness (QED) is 0.802. The van der Waals surface area contributed by atoms with Crippen molar-refractivity contribution in [3.63, 3.8) is 0 Å². The lowest BCUT2D eigenvalue weighted by atomic mass is 10.0. The monoisotopic (exact) mass is 295 g/mol. The van der Waals surface area contributed by atoms with E-state index in [1.54, 1.807) is 0 Å². The van der Waals surface area contributed by atoms with Crippen molar-refractivity contribution in [2.75, 3.05) is 7.11 Å². The Labute approximate surface area is 131 Å². The topological polar surface area (TPSA) is 29.5 Å². The minimum atomic E-state index is -0.160. The Hall–Kier alpha value is -2.13. The van der Waals surface area contributed by atoms with Crippen LogP contribution >= 0.6 is 0 Å². The second-order valence-corrected chi connectivity index (χ2v) is 5.75. The number of nitrogens with zero attached hydrogens (tertiary/aromatic N) is 1. The van der Waals surface area contributed by atoms with Gasteiger partial charge in [-0.25, -0.2) is 0 Å². The van der Waals surface area contributed by atoms with Gasteiger partial charge >= 0.3 is 5.97 Å². The normalized spacial score (nSPS) is 18.7. The predicted octanol–water partition coefficient (Wildman–Crippen LogP) is 3.87. The molecule has 3 nitrogen and oxygen atoms in total. The summed E-state index contributed by atoms with van der Waals surface area (Å²) in [5.74, 6) is -0.160. The highest BCUT2D eigenvalue weighted by Gasteiger charge is 2.35. The number of ether oxygens (including phenoxy) is 1. The molecule has 1 aliphatic rings. The van der Waals surface area contributed by atoms with Crippen molar-refractivity contribution in [1.82, 2.24) is 4.90 Å². The van der Waals surface area contributed by atoms with Gasteiger partial charge in [-0.1, -0.05) is 54.6 Å². The zero-order valence-electron chi connectivity index (χ0n) is 13.0. The van der Waals surface area contributed by atoms with Gasteiger partial charge in [0.05, 0.1) is 13.5 Å². The van der Waals surface area contributed by atoms with Gasteiger partial charge in [-0.3, -0.25) is 9.69 Å². The minimum Gasteiger partial charge on any atom is -0.469 e. The summed E-state index contributed by atoms with van der Waals surface area (Å²) in [5, 5.41) is 0. The first-order chi connectivity index (χ1) is 10.7. The Kier molecular flexibility index (Phi) is 4.25. The third-order valence-corrected chi connectivity index (χ3v) is 4.53. The molecule has 0 N–H and O–H groups in total. The summed E-state index contributed by atoms with van der Waals surface area (Å²) >= 11 is 0. The third-order valence-electron chi connectivity index (χ3n) is 4.53. The van der Waals surface area contributed by atoms with E-state index in [1.165, 1.54) is 23.8 Å². The summed E-state index contributed by atoms with van der Waals surface area (Å²) in [5.41, 5.74) is 3.82. The van der Waals surface area contributed by atoms with Gasteiger partial charge in [-0.15, -0.1) is 0 Å². The van der Waals surface area contributed by atoms with Crippen LogP contribution in [0.25, 0.3) is 0 Å². The van der Waals surface area contributed by atoms with Crippen molar-refractivity contribution in [3.05, 3.63) is 71.3 Å². The van der Waals surface area contributed by atoms with Gasteiger partial charge in [0, 0.05) is 18.6 Å². The standard InChI is InChI=1S/C19H21NO2/c1-14(15-8-4-3-5-9-15)20-13-16-10-6-7-11-17(16)18(20)12-19(21)22-2/h3-11,14,18H,12-13H2,1-2H3/t14-,18?/m1/s1. The molecule has 2 aromatic rings. The zero-order valence-corrected chi connectivity index (χ0v) is 13.0. The van der Waals surface area contributed by atoms with E-state index in [-0.39, 0.29) is 18.1 Å². The lowest BCUT2D eigenvalue weighted by Crippen LogP contribution is -2.27. The van der Waals surface area contributed by atoms with E-state index in [0.717, 1.165) is 6.54 Å². The van der Waals surface area contributed by atoms with E-state index < -0.39 is 0 Å². The van der Waals surface area contributed by atoms with Crippen molar-refractivity contribution < 1.29 is 9.53 Å². The van der Waals surface area contributed by atoms with Crippen LogP contribution in [0.4, 0.5) is 0 Å². The second-order valence-electron chi connectivity index (χ2n) is 5.75. The van der Waals surface area contributed by atoms with E-state index in [9.17, 15) is 4.79 Å². The average Bonchev–Trinajstić information content (AvgIpc) is 2.93. The first-order valence-corrected chi connectivity index (χ1v) is 7.66. The van der Waals surface area contributed by atoms with Crippen LogP contribution in [0.15, 0.2) is 54.6 Å². The fourth-order valence-corrected chi connectivity index (χ4v) is 3.29. The van der Waals surface area contributed by atoms with Gasteiger partial charge in [-0.05, 0) is 23.6 Å². The summed E-state index contributed by atoms with van der Waals surface area (Å²) in [7, 11) is 1.45. The molecule has 0 radical (unpaired) electrons. The number of hydrogen-bond acceptors (Lipinski definition) is 3. The van der Waals surface area contributed by atoms with Crippen molar-refractivity contribution in [2.24, 2.45) is 0 Å². The second kappa shape index (κ2) is 6.32. The van der Waals surface area contributed by atoms with Crippen LogP contribution in [0.3, 0.4) is 0 Å². The molecule has 0 saturated carbocycles. The number of methoxy groups -OCH3 is 1. The molecule has 2 atom stereocenters. The third kappa shape index (κ3) is 2.77. The molecule has 22 heavy (non-hydrogen) atoms. The smallest absolute Gasteiger partial charge is 0.307 e. The van der Waals surface area contributed by atoms with Gasteiger partial charge in [0.2, 0.25) is 0 Å². The molecule has 0 bridgehead atoms. The molecular formula is C19H21NO2. The zero-order chi connectivity index (χ0) is 15.5. The van der Waals surface area contributed by atoms with E-state index in [1.807, 2.05) is 12.1 Å². The Morgan fingerprint density at radius 1 is 1.18 bits per heavy atom. The minimum absolute atomic E-state index is 0.0823. The Morgan fingerprint density at radius 2 is 1.86 bits per heavy atom. The maximum absolute atomic E-state index is 11.8. The molecule has 1 heterocycles. The number of benzene rings is 2. The largest absolute Gasteiger partial charge is 0.469 e. The van der Waals surface area contributed by atoms with Crippen molar-refractivity contribution >= 4 is 5.97 Å². The summed E-state index contributed by atoms with van der Waals surface area (Å²) in [4.78, 5) is 14.2. The van der Waals surface area contributed by atoms with Gasteiger partial charge in [-0.2, -0.15) is 0 Å². The number of fused-ring (bicyclic) bond motifs is 1. The highest BCUT2D eigenvalue weighted by molar-refractivity contribution is 5.70. The average molecular weight is 295 g/mol. The maximum atomic E-state index is 11.8. The van der Waals surface area contributed by atoms with Crippen LogP contribution in [0.5, 0.6) is 0 Å². The summed E-state index contributed by atoms with van der Waals surface area (Å²) in [6.45, 7) is 3.07. The summed E-state index contributed by atoms with van der Waals surface area (Å²) < 4.78 is 4.90. The predicted molar refractivity (Wildman–Crippen MR) is 86.2 cm³/mol. The van der Waals surface area contributed by atoms with Crippen LogP contribution in [-0.4, -0.2) is 18.0 Å². The lowest BCUT2D eigenvalue weighted by Gasteiger charge is -2.31. The van der Waals surface area contributed by atoms with Gasteiger partial charge in [0.15, 0.2) is 0 Å². The van der Waals surface area contributed by atoms with E-state index >= 15 is 0 Å². The molecule has 0 amide bonds. The molecule has 2 aromatic carbocycles. The molecule has 114 valence electrons. The van der Waals surface area contributed by atoms with Gasteiger partial charge in [0.1, 0.15) is 0 Å². The number of carbonyl (C=O) groups is 1. The van der Waals surface area contributed by atoms with E-state index in [2.05, 4.69) is 54.3 Å². The molecule has 0 aromatic heterocycles. The first kappa shape index (κ1) is 14.8. The van der Waals surface area contributed by atoms with Gasteiger partial charge in [0.25, 0.3) is 0 Å². The van der Waals surface area contributed by atoms with Crippen molar-refractivity contribution in [2.45, 2.75) is 32.0 Å².